The molecule has 1 amide bonds. The third kappa shape index (κ3) is 6.69. The molecule has 0 saturated carbocycles. The second kappa shape index (κ2) is 12.4. The minimum absolute atomic E-state index is 0.0650. The van der Waals surface area contributed by atoms with Gasteiger partial charge in [-0.25, -0.2) is 5.43 Å². The number of amides is 1. The normalized spacial score (nSPS) is 15.5. The number of alkyl halides is 3. The van der Waals surface area contributed by atoms with E-state index in [9.17, 15) is 18.0 Å². The minimum atomic E-state index is -4.76. The third-order valence-electron chi connectivity index (χ3n) is 6.56. The number of para-hydroxylation sites is 1. The number of nitrogens with one attached hydrogen (secondary N) is 3. The molecule has 13 heteroatoms. The molecule has 1 saturated heterocycles. The van der Waals surface area contributed by atoms with E-state index in [1.54, 1.807) is 7.05 Å². The molecule has 1 unspecified atom stereocenters. The Labute approximate surface area is 245 Å². The number of rotatable bonds is 10. The van der Waals surface area contributed by atoms with E-state index in [2.05, 4.69) is 50.9 Å². The first kappa shape index (κ1) is 29.4. The number of hydrazine groups is 1. The van der Waals surface area contributed by atoms with Crippen LogP contribution in [0, 0.1) is 0 Å². The highest BCUT2D eigenvalue weighted by Crippen LogP contribution is 2.34. The van der Waals surface area contributed by atoms with Gasteiger partial charge < -0.3 is 10.1 Å². The van der Waals surface area contributed by atoms with Crippen molar-refractivity contribution in [2.45, 2.75) is 38.2 Å². The summed E-state index contributed by atoms with van der Waals surface area (Å²) in [4.78, 5) is 19.1. The zero-order valence-corrected chi connectivity index (χ0v) is 24.0. The average molecular weight is 598 g/mol. The molecule has 1 fully saturated rings. The Morgan fingerprint density at radius 1 is 1.05 bits per heavy atom. The summed E-state index contributed by atoms with van der Waals surface area (Å²) in [5, 5.41) is 7.51. The van der Waals surface area contributed by atoms with Crippen molar-refractivity contribution in [1.29, 1.82) is 0 Å². The molecular weight excluding hydrogens is 567 g/mol. The van der Waals surface area contributed by atoms with Crippen LogP contribution in [0.25, 0.3) is 17.1 Å². The van der Waals surface area contributed by atoms with E-state index >= 15 is 0 Å². The quantitative estimate of drug-likeness (QED) is 0.202. The van der Waals surface area contributed by atoms with Crippen molar-refractivity contribution in [2.75, 3.05) is 23.0 Å². The number of thioether (sulfide) groups is 1. The number of carbonyl (C=O) groups excluding carboxylic acids is 1. The fourth-order valence-electron chi connectivity index (χ4n) is 4.56. The number of hydrogen-bond acceptors (Lipinski definition) is 8. The second-order valence-electron chi connectivity index (χ2n) is 9.80. The summed E-state index contributed by atoms with van der Waals surface area (Å²) in [5.41, 5.74) is 10.6. The van der Waals surface area contributed by atoms with Gasteiger partial charge in [-0.3, -0.25) is 15.1 Å². The van der Waals surface area contributed by atoms with Crippen molar-refractivity contribution in [2.24, 2.45) is 0 Å². The molecule has 0 aliphatic carbocycles. The Kier molecular flexibility index (Phi) is 8.71. The molecule has 5 rings (SSSR count). The molecule has 3 aromatic carbocycles. The maximum atomic E-state index is 12.7. The number of aromatic nitrogens is 3. The van der Waals surface area contributed by atoms with Gasteiger partial charge in [0.25, 0.3) is 0 Å². The van der Waals surface area contributed by atoms with Crippen LogP contribution in [0.4, 0.5) is 24.8 Å². The lowest BCUT2D eigenvalue weighted by Gasteiger charge is -2.28. The number of halogens is 3. The fraction of sp³-hybridized carbons (Fsp3) is 0.276. The smallest absolute Gasteiger partial charge is 0.406 e. The Morgan fingerprint density at radius 2 is 1.76 bits per heavy atom. The average Bonchev–Trinajstić information content (AvgIpc) is 3.56. The highest BCUT2D eigenvalue weighted by atomic mass is 32.2. The first-order valence-electron chi connectivity index (χ1n) is 13.2. The molecule has 2 heterocycles. The molecule has 9 nitrogen and oxygen atoms in total. The van der Waals surface area contributed by atoms with Crippen molar-refractivity contribution < 1.29 is 22.7 Å². The van der Waals surface area contributed by atoms with Crippen LogP contribution in [0.1, 0.15) is 30.9 Å². The summed E-state index contributed by atoms with van der Waals surface area (Å²) in [7, 11) is 1.69. The van der Waals surface area contributed by atoms with Gasteiger partial charge in [0.1, 0.15) is 11.2 Å². The lowest BCUT2D eigenvalue weighted by Crippen LogP contribution is -2.48. The summed E-state index contributed by atoms with van der Waals surface area (Å²) in [5.74, 6) is 1.32. The van der Waals surface area contributed by atoms with E-state index in [-0.39, 0.29) is 23.1 Å². The number of hydrogen-bond donors (Lipinski definition) is 3. The summed E-state index contributed by atoms with van der Waals surface area (Å²) in [6, 6.07) is 21.1. The van der Waals surface area contributed by atoms with Gasteiger partial charge in [0, 0.05) is 24.8 Å². The highest BCUT2D eigenvalue weighted by Gasteiger charge is 2.34. The molecular formula is C29H30F3N7O2S. The van der Waals surface area contributed by atoms with Crippen LogP contribution >= 0.6 is 11.8 Å². The van der Waals surface area contributed by atoms with Gasteiger partial charge in [-0.2, -0.15) is 9.67 Å². The van der Waals surface area contributed by atoms with E-state index in [1.807, 2.05) is 47.4 Å². The fourth-order valence-corrected chi connectivity index (χ4v) is 5.55. The maximum Gasteiger partial charge on any atom is 0.573 e. The van der Waals surface area contributed by atoms with Crippen molar-refractivity contribution in [3.8, 4) is 22.8 Å². The SMILES string of the molecule is CNc1nc(-c2ccc(CNNC3SCC(=O)N3c3ccccc3C(C)C)cc2)nn1-c1ccc(OC(F)(F)F)cc1. The Hall–Kier alpha value is -4.07. The van der Waals surface area contributed by atoms with Crippen LogP contribution < -0.4 is 25.8 Å². The van der Waals surface area contributed by atoms with Crippen molar-refractivity contribution in [1.82, 2.24) is 25.6 Å². The molecule has 0 radical (unpaired) electrons. The molecule has 1 aliphatic rings. The summed E-state index contributed by atoms with van der Waals surface area (Å²) >= 11 is 1.54. The second-order valence-corrected chi connectivity index (χ2v) is 10.9. The van der Waals surface area contributed by atoms with E-state index in [4.69, 9.17) is 0 Å². The van der Waals surface area contributed by atoms with E-state index in [0.717, 1.165) is 22.4 Å². The Morgan fingerprint density at radius 3 is 2.43 bits per heavy atom. The maximum absolute atomic E-state index is 12.7. The standard InChI is InChI=1S/C29H30F3N7O2S/c1-18(2)23-6-4-5-7-24(23)38-25(40)17-42-28(38)36-34-16-19-8-10-20(11-9-19)26-35-27(33-3)39(37-26)21-12-14-22(15-13-21)41-29(30,31)32/h4-15,18,28,34,36H,16-17H2,1-3H3,(H,33,35,37). The predicted molar refractivity (Wildman–Crippen MR) is 157 cm³/mol. The van der Waals surface area contributed by atoms with Crippen LogP contribution in [0.15, 0.2) is 72.8 Å². The Balaban J connectivity index is 1.23. The van der Waals surface area contributed by atoms with E-state index < -0.39 is 6.36 Å². The van der Waals surface area contributed by atoms with Gasteiger partial charge in [-0.05, 0) is 47.4 Å². The first-order valence-corrected chi connectivity index (χ1v) is 14.3. The lowest BCUT2D eigenvalue weighted by molar-refractivity contribution is -0.274. The van der Waals surface area contributed by atoms with Crippen LogP contribution in [-0.4, -0.2) is 45.3 Å². The van der Waals surface area contributed by atoms with Gasteiger partial charge in [0.2, 0.25) is 11.9 Å². The number of nitrogens with zero attached hydrogens (tertiary/aromatic N) is 4. The van der Waals surface area contributed by atoms with Crippen molar-refractivity contribution in [3.63, 3.8) is 0 Å². The number of ether oxygens (including phenoxy) is 1. The molecule has 4 aromatic rings. The van der Waals surface area contributed by atoms with Gasteiger partial charge >= 0.3 is 6.36 Å². The van der Waals surface area contributed by atoms with E-state index in [1.165, 1.54) is 40.7 Å². The topological polar surface area (TPSA) is 96.3 Å². The molecule has 0 bridgehead atoms. The monoisotopic (exact) mass is 597 g/mol. The van der Waals surface area contributed by atoms with E-state index in [0.29, 0.717) is 29.8 Å². The zero-order valence-electron chi connectivity index (χ0n) is 23.1. The highest BCUT2D eigenvalue weighted by molar-refractivity contribution is 8.01. The number of anilines is 2. The minimum Gasteiger partial charge on any atom is -0.406 e. The van der Waals surface area contributed by atoms with Gasteiger partial charge in [-0.15, -0.1) is 30.0 Å². The first-order chi connectivity index (χ1) is 20.1. The van der Waals surface area contributed by atoms with Crippen LogP contribution in [0.2, 0.25) is 0 Å². The summed E-state index contributed by atoms with van der Waals surface area (Å²) in [6.07, 6.45) is -4.76. The predicted octanol–water partition coefficient (Wildman–Crippen LogP) is 5.66. The third-order valence-corrected chi connectivity index (χ3v) is 7.62. The van der Waals surface area contributed by atoms with Gasteiger partial charge in [0.15, 0.2) is 5.82 Å². The lowest BCUT2D eigenvalue weighted by atomic mass is 10.0. The molecule has 0 spiro atoms. The van der Waals surface area contributed by atoms with Crippen LogP contribution in [0.5, 0.6) is 5.75 Å². The summed E-state index contributed by atoms with van der Waals surface area (Å²) < 4.78 is 42.9. The van der Waals surface area contributed by atoms with Crippen LogP contribution in [-0.2, 0) is 11.3 Å². The number of carbonyl (C=O) groups is 1. The molecule has 220 valence electrons. The largest absolute Gasteiger partial charge is 0.573 e. The molecule has 1 atom stereocenters. The molecule has 1 aliphatic heterocycles. The van der Waals surface area contributed by atoms with Gasteiger partial charge in [-0.1, -0.05) is 56.3 Å². The van der Waals surface area contributed by atoms with Gasteiger partial charge in [0.05, 0.1) is 11.4 Å². The Bertz CT molecular complexity index is 1530. The number of benzene rings is 3. The molecule has 3 N–H and O–H groups in total. The summed E-state index contributed by atoms with van der Waals surface area (Å²) in [6.45, 7) is 4.75. The van der Waals surface area contributed by atoms with Crippen LogP contribution in [0.3, 0.4) is 0 Å². The van der Waals surface area contributed by atoms with Crippen molar-refractivity contribution in [3.05, 3.63) is 83.9 Å². The molecule has 1 aromatic heterocycles. The zero-order chi connectivity index (χ0) is 29.9. The molecule has 42 heavy (non-hydrogen) atoms. The van der Waals surface area contributed by atoms with Crippen molar-refractivity contribution >= 4 is 29.3 Å².